The fourth-order valence-electron chi connectivity index (χ4n) is 3.07. The number of hydrogen-bond acceptors (Lipinski definition) is 4. The first-order chi connectivity index (χ1) is 11.4. The molecule has 3 N–H and O–H groups in total. The average Bonchev–Trinajstić information content (AvgIpc) is 3.00. The first kappa shape index (κ1) is 19.4. The maximum Gasteiger partial charge on any atom is 0.225 e. The number of amides is 1. The molecule has 2 heterocycles. The number of rotatable bonds is 5. The second-order valence-corrected chi connectivity index (χ2v) is 8.23. The first-order valence-electron chi connectivity index (χ1n) is 9.07. The number of likely N-dealkylation sites (tertiary alicyclic amines) is 1. The van der Waals surface area contributed by atoms with E-state index in [-0.39, 0.29) is 11.8 Å². The van der Waals surface area contributed by atoms with Crippen LogP contribution < -0.4 is 10.6 Å². The molecule has 0 aromatic carbocycles. The molecule has 2 fully saturated rings. The van der Waals surface area contributed by atoms with Gasteiger partial charge in [0.25, 0.3) is 0 Å². The van der Waals surface area contributed by atoms with Gasteiger partial charge in [0.2, 0.25) is 5.91 Å². The second kappa shape index (κ2) is 8.94. The molecule has 138 valence electrons. The summed E-state index contributed by atoms with van der Waals surface area (Å²) >= 11 is 1.79. The van der Waals surface area contributed by atoms with E-state index in [1.165, 1.54) is 0 Å². The molecule has 0 aliphatic carbocycles. The van der Waals surface area contributed by atoms with E-state index in [2.05, 4.69) is 15.6 Å². The predicted molar refractivity (Wildman–Crippen MR) is 100 cm³/mol. The first-order valence-corrected chi connectivity index (χ1v) is 10.2. The minimum absolute atomic E-state index is 0.0680. The van der Waals surface area contributed by atoms with Gasteiger partial charge >= 0.3 is 0 Å². The van der Waals surface area contributed by atoms with Gasteiger partial charge in [0.05, 0.1) is 12.1 Å². The molecule has 6 nitrogen and oxygen atoms in total. The Balaban J connectivity index is 1.84. The number of carbonyl (C=O) groups is 1. The lowest BCUT2D eigenvalue weighted by atomic mass is 10.0. The van der Waals surface area contributed by atoms with Crippen molar-refractivity contribution >= 4 is 23.6 Å². The molecule has 7 heteroatoms. The van der Waals surface area contributed by atoms with Crippen LogP contribution in [0.25, 0.3) is 0 Å². The molecule has 1 amide bonds. The highest BCUT2D eigenvalue weighted by molar-refractivity contribution is 7.99. The van der Waals surface area contributed by atoms with Gasteiger partial charge in [0.15, 0.2) is 5.96 Å². The minimum atomic E-state index is -0.653. The van der Waals surface area contributed by atoms with Gasteiger partial charge in [-0.25, -0.2) is 0 Å². The lowest BCUT2D eigenvalue weighted by molar-refractivity contribution is -0.135. The Hall–Kier alpha value is -0.950. The van der Waals surface area contributed by atoms with E-state index >= 15 is 0 Å². The third-order valence-electron chi connectivity index (χ3n) is 4.60. The fraction of sp³-hybridized carbons (Fsp3) is 0.882. The van der Waals surface area contributed by atoms with Crippen LogP contribution >= 0.6 is 11.8 Å². The van der Waals surface area contributed by atoms with Gasteiger partial charge in [-0.1, -0.05) is 13.8 Å². The Morgan fingerprint density at radius 3 is 2.67 bits per heavy atom. The van der Waals surface area contributed by atoms with Gasteiger partial charge in [-0.3, -0.25) is 9.79 Å². The molecule has 0 spiro atoms. The molecular formula is C17H32N4O2S. The largest absolute Gasteiger partial charge is 0.387 e. The van der Waals surface area contributed by atoms with E-state index in [4.69, 9.17) is 0 Å². The second-order valence-electron chi connectivity index (χ2n) is 7.12. The fourth-order valence-corrected chi connectivity index (χ4v) is 4.35. The number of piperidine rings is 1. The highest BCUT2D eigenvalue weighted by Crippen LogP contribution is 2.27. The summed E-state index contributed by atoms with van der Waals surface area (Å²) in [5.41, 5.74) is -0.653. The topological polar surface area (TPSA) is 77.0 Å². The number of nitrogens with one attached hydrogen (secondary N) is 2. The van der Waals surface area contributed by atoms with E-state index in [1.54, 1.807) is 11.8 Å². The van der Waals surface area contributed by atoms with Gasteiger partial charge in [-0.2, -0.15) is 11.8 Å². The van der Waals surface area contributed by atoms with Crippen molar-refractivity contribution in [1.82, 2.24) is 15.5 Å². The van der Waals surface area contributed by atoms with Gasteiger partial charge < -0.3 is 20.6 Å². The predicted octanol–water partition coefficient (Wildman–Crippen LogP) is 1.06. The number of aliphatic imine (C=N–C) groups is 1. The highest BCUT2D eigenvalue weighted by atomic mass is 32.2. The van der Waals surface area contributed by atoms with Crippen LogP contribution in [0, 0.1) is 5.92 Å². The third-order valence-corrected chi connectivity index (χ3v) is 5.83. The zero-order valence-corrected chi connectivity index (χ0v) is 16.0. The van der Waals surface area contributed by atoms with Crippen molar-refractivity contribution in [1.29, 1.82) is 0 Å². The molecule has 2 rings (SSSR count). The van der Waals surface area contributed by atoms with Crippen molar-refractivity contribution in [2.45, 2.75) is 51.7 Å². The van der Waals surface area contributed by atoms with E-state index in [0.29, 0.717) is 12.6 Å². The average molecular weight is 357 g/mol. The lowest BCUT2D eigenvalue weighted by Crippen LogP contribution is -2.50. The molecule has 2 aliphatic rings. The Bertz CT molecular complexity index is 442. The summed E-state index contributed by atoms with van der Waals surface area (Å²) in [5.74, 6) is 2.87. The standard InChI is InChI=1S/C17H32N4O2S/c1-4-18-16(19-11-17(23)7-10-24-12-17)20-14-5-8-21(9-6-14)15(22)13(2)3/h13-14,23H,4-12H2,1-3H3,(H2,18,19,20). The zero-order valence-electron chi connectivity index (χ0n) is 15.2. The molecule has 0 aromatic rings. The number of aliphatic hydroxyl groups is 1. The molecular weight excluding hydrogens is 324 g/mol. The van der Waals surface area contributed by atoms with Crippen LogP contribution in [0.15, 0.2) is 4.99 Å². The van der Waals surface area contributed by atoms with E-state index in [9.17, 15) is 9.90 Å². The van der Waals surface area contributed by atoms with Crippen LogP contribution in [-0.4, -0.2) is 71.2 Å². The highest BCUT2D eigenvalue weighted by Gasteiger charge is 2.31. The van der Waals surface area contributed by atoms with Gasteiger partial charge in [-0.05, 0) is 31.9 Å². The molecule has 0 saturated carbocycles. The van der Waals surface area contributed by atoms with E-state index < -0.39 is 5.60 Å². The van der Waals surface area contributed by atoms with Gasteiger partial charge in [-0.15, -0.1) is 0 Å². The summed E-state index contributed by atoms with van der Waals surface area (Å²) in [7, 11) is 0. The van der Waals surface area contributed by atoms with Crippen LogP contribution in [0.5, 0.6) is 0 Å². The van der Waals surface area contributed by atoms with Crippen molar-refractivity contribution in [2.24, 2.45) is 10.9 Å². The summed E-state index contributed by atoms with van der Waals surface area (Å²) < 4.78 is 0. The number of thioether (sulfide) groups is 1. The van der Waals surface area contributed by atoms with Crippen molar-refractivity contribution < 1.29 is 9.90 Å². The molecule has 0 radical (unpaired) electrons. The molecule has 0 aromatic heterocycles. The Labute approximate surface area is 149 Å². The lowest BCUT2D eigenvalue weighted by Gasteiger charge is -2.34. The number of guanidine groups is 1. The SMILES string of the molecule is CCNC(=NCC1(O)CCSC1)NC1CCN(C(=O)C(C)C)CC1. The van der Waals surface area contributed by atoms with Gasteiger partial charge in [0.1, 0.15) is 0 Å². The normalized spacial score (nSPS) is 26.0. The maximum absolute atomic E-state index is 12.1. The van der Waals surface area contributed by atoms with Crippen molar-refractivity contribution in [3.8, 4) is 0 Å². The molecule has 0 bridgehead atoms. The maximum atomic E-state index is 12.1. The minimum Gasteiger partial charge on any atom is -0.387 e. The van der Waals surface area contributed by atoms with Crippen LogP contribution in [0.1, 0.15) is 40.0 Å². The molecule has 2 aliphatic heterocycles. The quantitative estimate of drug-likeness (QED) is 0.507. The van der Waals surface area contributed by atoms with Crippen LogP contribution in [0.2, 0.25) is 0 Å². The van der Waals surface area contributed by atoms with Crippen molar-refractivity contribution in [2.75, 3.05) is 37.7 Å². The Kier molecular flexibility index (Phi) is 7.22. The van der Waals surface area contributed by atoms with Crippen molar-refractivity contribution in [3.05, 3.63) is 0 Å². The number of nitrogens with zero attached hydrogens (tertiary/aromatic N) is 2. The molecule has 2 saturated heterocycles. The molecule has 1 atom stereocenters. The van der Waals surface area contributed by atoms with E-state index in [0.717, 1.165) is 56.4 Å². The Morgan fingerprint density at radius 1 is 1.42 bits per heavy atom. The van der Waals surface area contributed by atoms with Crippen LogP contribution in [0.4, 0.5) is 0 Å². The molecule has 1 unspecified atom stereocenters. The van der Waals surface area contributed by atoms with Crippen LogP contribution in [-0.2, 0) is 4.79 Å². The third kappa shape index (κ3) is 5.55. The smallest absolute Gasteiger partial charge is 0.225 e. The monoisotopic (exact) mass is 356 g/mol. The summed E-state index contributed by atoms with van der Waals surface area (Å²) in [6.07, 6.45) is 2.68. The summed E-state index contributed by atoms with van der Waals surface area (Å²) in [6, 6.07) is 0.326. The number of carbonyl (C=O) groups excluding carboxylic acids is 1. The summed E-state index contributed by atoms with van der Waals surface area (Å²) in [5, 5.41) is 17.2. The Morgan fingerprint density at radius 2 is 2.12 bits per heavy atom. The molecule has 24 heavy (non-hydrogen) atoms. The number of hydrogen-bond donors (Lipinski definition) is 3. The summed E-state index contributed by atoms with van der Waals surface area (Å²) in [6.45, 7) is 8.79. The summed E-state index contributed by atoms with van der Waals surface area (Å²) in [4.78, 5) is 18.6. The van der Waals surface area contributed by atoms with Crippen LogP contribution in [0.3, 0.4) is 0 Å². The van der Waals surface area contributed by atoms with E-state index in [1.807, 2.05) is 25.7 Å². The van der Waals surface area contributed by atoms with Gasteiger partial charge in [0, 0.05) is 37.3 Å². The van der Waals surface area contributed by atoms with Crippen molar-refractivity contribution in [3.63, 3.8) is 0 Å². The zero-order chi connectivity index (χ0) is 17.6.